The summed E-state index contributed by atoms with van der Waals surface area (Å²) >= 11 is 12.4. The first-order valence-corrected chi connectivity index (χ1v) is 9.35. The topological polar surface area (TPSA) is 43.4 Å². The molecule has 0 unspecified atom stereocenters. The van der Waals surface area contributed by atoms with Gasteiger partial charge in [-0.1, -0.05) is 35.3 Å². The normalized spacial score (nSPS) is 10.7. The quantitative estimate of drug-likeness (QED) is 0.529. The Balaban J connectivity index is 1.68. The maximum Gasteiger partial charge on any atom is 0.163 e. The summed E-state index contributed by atoms with van der Waals surface area (Å²) in [5.41, 5.74) is 2.22. The highest BCUT2D eigenvalue weighted by Gasteiger charge is 2.13. The Labute approximate surface area is 173 Å². The van der Waals surface area contributed by atoms with Crippen molar-refractivity contribution in [3.8, 4) is 11.5 Å². The molecule has 0 aliphatic carbocycles. The lowest BCUT2D eigenvalue weighted by molar-refractivity contribution is 0.279. The van der Waals surface area contributed by atoms with E-state index in [9.17, 15) is 4.39 Å². The van der Waals surface area contributed by atoms with Gasteiger partial charge in [-0.2, -0.15) is 0 Å². The fourth-order valence-corrected chi connectivity index (χ4v) is 3.09. The van der Waals surface area contributed by atoms with E-state index >= 15 is 0 Å². The van der Waals surface area contributed by atoms with Crippen molar-refractivity contribution < 1.29 is 13.9 Å². The number of hydrogen-bond acceptors (Lipinski definition) is 4. The third-order valence-corrected chi connectivity index (χ3v) is 4.84. The number of benzene rings is 2. The van der Waals surface area contributed by atoms with E-state index in [4.69, 9.17) is 32.7 Å². The van der Waals surface area contributed by atoms with Gasteiger partial charge >= 0.3 is 0 Å². The minimum Gasteiger partial charge on any atom is -0.493 e. The highest BCUT2D eigenvalue weighted by atomic mass is 35.5. The van der Waals surface area contributed by atoms with Gasteiger partial charge in [-0.05, 0) is 35.4 Å². The molecule has 3 rings (SSSR count). The number of hydrogen-bond donors (Lipinski definition) is 1. The van der Waals surface area contributed by atoms with Crippen molar-refractivity contribution in [3.05, 3.63) is 87.4 Å². The number of halogens is 3. The summed E-state index contributed by atoms with van der Waals surface area (Å²) in [4.78, 5) is 4.09. The molecule has 0 fully saturated rings. The van der Waals surface area contributed by atoms with Crippen LogP contribution in [0.1, 0.15) is 16.7 Å². The van der Waals surface area contributed by atoms with E-state index in [0.717, 1.165) is 11.1 Å². The van der Waals surface area contributed by atoms with Gasteiger partial charge in [-0.3, -0.25) is 4.98 Å². The van der Waals surface area contributed by atoms with Gasteiger partial charge in [0.2, 0.25) is 0 Å². The van der Waals surface area contributed by atoms with Crippen LogP contribution in [0.25, 0.3) is 0 Å². The van der Waals surface area contributed by atoms with E-state index in [1.54, 1.807) is 43.8 Å². The predicted molar refractivity (Wildman–Crippen MR) is 109 cm³/mol. The van der Waals surface area contributed by atoms with E-state index in [-0.39, 0.29) is 12.2 Å². The number of rotatable bonds is 8. The van der Waals surface area contributed by atoms with Crippen LogP contribution >= 0.6 is 23.2 Å². The molecule has 7 heteroatoms. The molecular formula is C21H19Cl2FN2O2. The Morgan fingerprint density at radius 1 is 1.04 bits per heavy atom. The molecule has 1 N–H and O–H groups in total. The van der Waals surface area contributed by atoms with E-state index < -0.39 is 5.82 Å². The standard InChI is InChI=1S/C21H19Cl2FN2O2/c1-27-20-8-15(12-26-11-14-4-3-7-25-10-14)18(23)9-21(20)28-13-16-17(22)5-2-6-19(16)24/h2-10,26H,11-13H2,1H3. The zero-order valence-electron chi connectivity index (χ0n) is 15.2. The van der Waals surface area contributed by atoms with Gasteiger partial charge in [0.25, 0.3) is 0 Å². The average Bonchev–Trinajstić information content (AvgIpc) is 2.70. The van der Waals surface area contributed by atoms with Crippen molar-refractivity contribution in [1.29, 1.82) is 0 Å². The lowest BCUT2D eigenvalue weighted by atomic mass is 10.2. The Morgan fingerprint density at radius 2 is 1.89 bits per heavy atom. The van der Waals surface area contributed by atoms with Crippen molar-refractivity contribution in [3.63, 3.8) is 0 Å². The molecule has 0 radical (unpaired) electrons. The first-order chi connectivity index (χ1) is 13.6. The molecule has 0 aliphatic rings. The lowest BCUT2D eigenvalue weighted by Gasteiger charge is -2.15. The summed E-state index contributed by atoms with van der Waals surface area (Å²) in [6.45, 7) is 1.18. The second-order valence-electron chi connectivity index (χ2n) is 6.05. The van der Waals surface area contributed by atoms with Crippen molar-refractivity contribution in [2.75, 3.05) is 7.11 Å². The molecule has 28 heavy (non-hydrogen) atoms. The smallest absolute Gasteiger partial charge is 0.163 e. The van der Waals surface area contributed by atoms with Crippen LogP contribution in [-0.4, -0.2) is 12.1 Å². The van der Waals surface area contributed by atoms with E-state index in [1.807, 2.05) is 12.1 Å². The minimum atomic E-state index is -0.422. The highest BCUT2D eigenvalue weighted by Crippen LogP contribution is 2.34. The molecule has 3 aromatic rings. The number of nitrogens with one attached hydrogen (secondary N) is 1. The molecule has 0 atom stereocenters. The average molecular weight is 421 g/mol. The van der Waals surface area contributed by atoms with Crippen molar-refractivity contribution in [2.24, 2.45) is 0 Å². The molecule has 1 heterocycles. The maximum absolute atomic E-state index is 13.9. The van der Waals surface area contributed by atoms with Gasteiger partial charge in [0.1, 0.15) is 12.4 Å². The Morgan fingerprint density at radius 3 is 2.61 bits per heavy atom. The van der Waals surface area contributed by atoms with Gasteiger partial charge < -0.3 is 14.8 Å². The Bertz CT molecular complexity index is 919. The lowest BCUT2D eigenvalue weighted by Crippen LogP contribution is -2.13. The van der Waals surface area contributed by atoms with Crippen LogP contribution in [0.15, 0.2) is 54.9 Å². The molecule has 1 aromatic heterocycles. The molecule has 2 aromatic carbocycles. The second kappa shape index (κ2) is 9.73. The predicted octanol–water partition coefficient (Wildman–Crippen LogP) is 5.40. The number of pyridine rings is 1. The number of aromatic nitrogens is 1. The van der Waals surface area contributed by atoms with E-state index in [0.29, 0.717) is 34.6 Å². The van der Waals surface area contributed by atoms with Crippen LogP contribution in [0.2, 0.25) is 10.0 Å². The highest BCUT2D eigenvalue weighted by molar-refractivity contribution is 6.31. The third kappa shape index (κ3) is 5.13. The number of nitrogens with zero attached hydrogens (tertiary/aromatic N) is 1. The Hall–Kier alpha value is -2.34. The molecule has 0 bridgehead atoms. The SMILES string of the molecule is COc1cc(CNCc2cccnc2)c(Cl)cc1OCc1c(F)cccc1Cl. The zero-order valence-corrected chi connectivity index (χ0v) is 16.7. The molecule has 146 valence electrons. The van der Waals surface area contributed by atoms with Gasteiger partial charge in [0.05, 0.1) is 12.1 Å². The van der Waals surface area contributed by atoms with Crippen LogP contribution < -0.4 is 14.8 Å². The van der Waals surface area contributed by atoms with Crippen molar-refractivity contribution in [1.82, 2.24) is 10.3 Å². The first-order valence-electron chi connectivity index (χ1n) is 8.60. The number of methoxy groups -OCH3 is 1. The van der Waals surface area contributed by atoms with E-state index in [1.165, 1.54) is 6.07 Å². The van der Waals surface area contributed by atoms with Gasteiger partial charge in [0, 0.05) is 42.1 Å². The second-order valence-corrected chi connectivity index (χ2v) is 6.86. The van der Waals surface area contributed by atoms with Gasteiger partial charge in [-0.25, -0.2) is 4.39 Å². The molecule has 0 amide bonds. The largest absolute Gasteiger partial charge is 0.493 e. The molecule has 0 saturated carbocycles. The molecule has 0 aliphatic heterocycles. The van der Waals surface area contributed by atoms with Crippen LogP contribution in [0.3, 0.4) is 0 Å². The summed E-state index contributed by atoms with van der Waals surface area (Å²) in [7, 11) is 1.54. The summed E-state index contributed by atoms with van der Waals surface area (Å²) in [5.74, 6) is 0.506. The summed E-state index contributed by atoms with van der Waals surface area (Å²) < 4.78 is 25.1. The maximum atomic E-state index is 13.9. The number of ether oxygens (including phenoxy) is 2. The zero-order chi connectivity index (χ0) is 19.9. The van der Waals surface area contributed by atoms with Gasteiger partial charge in [-0.15, -0.1) is 0 Å². The summed E-state index contributed by atoms with van der Waals surface area (Å²) in [6, 6.07) is 11.9. The Kier molecular flexibility index (Phi) is 7.09. The molecular weight excluding hydrogens is 402 g/mol. The fraction of sp³-hybridized carbons (Fsp3) is 0.190. The minimum absolute atomic E-state index is 0.0310. The monoisotopic (exact) mass is 420 g/mol. The fourth-order valence-electron chi connectivity index (χ4n) is 2.65. The van der Waals surface area contributed by atoms with Crippen LogP contribution in [0.5, 0.6) is 11.5 Å². The summed E-state index contributed by atoms with van der Waals surface area (Å²) in [6.07, 6.45) is 3.54. The molecule has 0 spiro atoms. The van der Waals surface area contributed by atoms with Crippen LogP contribution in [-0.2, 0) is 19.7 Å². The summed E-state index contributed by atoms with van der Waals surface area (Å²) in [5, 5.41) is 4.14. The van der Waals surface area contributed by atoms with Gasteiger partial charge in [0.15, 0.2) is 11.5 Å². The van der Waals surface area contributed by atoms with Crippen LogP contribution in [0, 0.1) is 5.82 Å². The van der Waals surface area contributed by atoms with Crippen LogP contribution in [0.4, 0.5) is 4.39 Å². The van der Waals surface area contributed by atoms with Crippen molar-refractivity contribution in [2.45, 2.75) is 19.7 Å². The van der Waals surface area contributed by atoms with Crippen molar-refractivity contribution >= 4 is 23.2 Å². The third-order valence-electron chi connectivity index (χ3n) is 4.13. The molecule has 4 nitrogen and oxygen atoms in total. The van der Waals surface area contributed by atoms with E-state index in [2.05, 4.69) is 10.3 Å². The first kappa shape index (κ1) is 20.4. The molecule has 0 saturated heterocycles.